The molecule has 2 fully saturated rings. The second-order valence-corrected chi connectivity index (χ2v) is 5.03. The molecule has 0 spiro atoms. The third-order valence-corrected chi connectivity index (χ3v) is 3.71. The van der Waals surface area contributed by atoms with E-state index in [1.165, 1.54) is 0 Å². The predicted molar refractivity (Wildman–Crippen MR) is 67.0 cm³/mol. The number of carbonyl (C=O) groups excluding carboxylic acids is 2. The molecule has 2 saturated heterocycles. The first-order chi connectivity index (χ1) is 8.70. The van der Waals surface area contributed by atoms with Crippen molar-refractivity contribution in [2.75, 3.05) is 19.7 Å². The molecule has 1 N–H and O–H groups in total. The number of nitrogens with zero attached hydrogens (tertiary/aromatic N) is 1. The number of carbonyl (C=O) groups is 2. The molecule has 2 rings (SSSR count). The number of hydrogen-bond donors (Lipinski definition) is 1. The van der Waals surface area contributed by atoms with Crippen LogP contribution in [0.15, 0.2) is 0 Å². The number of ether oxygens (including phenoxy) is 1. The zero-order valence-corrected chi connectivity index (χ0v) is 11.0. The first-order valence-electron chi connectivity index (χ1n) is 6.90. The van der Waals surface area contributed by atoms with Crippen LogP contribution in [-0.4, -0.2) is 48.6 Å². The van der Waals surface area contributed by atoms with Crippen LogP contribution < -0.4 is 5.32 Å². The molecule has 0 aliphatic carbocycles. The molecule has 2 heterocycles. The molecule has 0 aromatic rings. The van der Waals surface area contributed by atoms with Gasteiger partial charge in [-0.15, -0.1) is 0 Å². The number of nitrogens with one attached hydrogen (secondary N) is 1. The number of amides is 2. The summed E-state index contributed by atoms with van der Waals surface area (Å²) in [6.45, 7) is 4.01. The van der Waals surface area contributed by atoms with E-state index in [0.717, 1.165) is 25.9 Å². The monoisotopic (exact) mass is 254 g/mol. The molecule has 2 atom stereocenters. The Morgan fingerprint density at radius 3 is 2.94 bits per heavy atom. The van der Waals surface area contributed by atoms with E-state index in [4.69, 9.17) is 4.74 Å². The smallest absolute Gasteiger partial charge is 0.245 e. The zero-order chi connectivity index (χ0) is 13.0. The number of rotatable bonds is 4. The van der Waals surface area contributed by atoms with Crippen LogP contribution in [-0.2, 0) is 14.3 Å². The quantitative estimate of drug-likeness (QED) is 0.802. The zero-order valence-electron chi connectivity index (χ0n) is 11.0. The van der Waals surface area contributed by atoms with E-state index in [9.17, 15) is 9.59 Å². The highest BCUT2D eigenvalue weighted by molar-refractivity contribution is 5.89. The van der Waals surface area contributed by atoms with Crippen LogP contribution in [0.25, 0.3) is 0 Å². The molecule has 18 heavy (non-hydrogen) atoms. The predicted octanol–water partition coefficient (Wildman–Crippen LogP) is 0.683. The van der Waals surface area contributed by atoms with Gasteiger partial charge in [0.15, 0.2) is 0 Å². The van der Waals surface area contributed by atoms with Crippen molar-refractivity contribution in [3.05, 3.63) is 0 Å². The van der Waals surface area contributed by atoms with Crippen molar-refractivity contribution in [3.63, 3.8) is 0 Å². The van der Waals surface area contributed by atoms with Gasteiger partial charge in [0.1, 0.15) is 6.04 Å². The topological polar surface area (TPSA) is 58.6 Å². The Labute approximate surface area is 108 Å². The Bertz CT molecular complexity index is 313. The van der Waals surface area contributed by atoms with Crippen molar-refractivity contribution in [2.24, 2.45) is 0 Å². The summed E-state index contributed by atoms with van der Waals surface area (Å²) in [5.41, 5.74) is 0. The summed E-state index contributed by atoms with van der Waals surface area (Å²) in [7, 11) is 0. The van der Waals surface area contributed by atoms with Gasteiger partial charge in [-0.3, -0.25) is 9.59 Å². The lowest BCUT2D eigenvalue weighted by molar-refractivity contribution is -0.133. The van der Waals surface area contributed by atoms with Crippen LogP contribution in [0, 0.1) is 0 Å². The summed E-state index contributed by atoms with van der Waals surface area (Å²) in [4.78, 5) is 25.5. The lowest BCUT2D eigenvalue weighted by Gasteiger charge is -2.24. The van der Waals surface area contributed by atoms with Gasteiger partial charge in [-0.05, 0) is 25.7 Å². The lowest BCUT2D eigenvalue weighted by Crippen LogP contribution is -2.44. The maximum atomic E-state index is 12.2. The summed E-state index contributed by atoms with van der Waals surface area (Å²) in [5.74, 6) is 0.0381. The molecule has 2 unspecified atom stereocenters. The van der Waals surface area contributed by atoms with Gasteiger partial charge < -0.3 is 15.0 Å². The summed E-state index contributed by atoms with van der Waals surface area (Å²) in [5, 5.41) is 2.77. The van der Waals surface area contributed by atoms with Gasteiger partial charge in [0.25, 0.3) is 0 Å². The average molecular weight is 254 g/mol. The molecular formula is C13H22N2O3. The van der Waals surface area contributed by atoms with Gasteiger partial charge in [0.05, 0.1) is 6.10 Å². The van der Waals surface area contributed by atoms with Crippen molar-refractivity contribution >= 4 is 11.8 Å². The molecule has 0 aromatic carbocycles. The van der Waals surface area contributed by atoms with Crippen LogP contribution in [0.1, 0.15) is 39.0 Å². The molecule has 0 bridgehead atoms. The Morgan fingerprint density at radius 2 is 2.28 bits per heavy atom. The molecule has 102 valence electrons. The molecule has 2 aliphatic heterocycles. The summed E-state index contributed by atoms with van der Waals surface area (Å²) < 4.78 is 5.56. The maximum Gasteiger partial charge on any atom is 0.245 e. The van der Waals surface area contributed by atoms with E-state index in [1.807, 2.05) is 11.8 Å². The van der Waals surface area contributed by atoms with Crippen molar-refractivity contribution in [2.45, 2.75) is 51.2 Å². The highest BCUT2D eigenvalue weighted by atomic mass is 16.5. The molecule has 5 heteroatoms. The first kappa shape index (κ1) is 13.3. The normalized spacial score (nSPS) is 29.3. The van der Waals surface area contributed by atoms with Crippen LogP contribution in [0.3, 0.4) is 0 Å². The van der Waals surface area contributed by atoms with E-state index in [1.54, 1.807) is 0 Å². The Kier molecular flexibility index (Phi) is 4.58. The fourth-order valence-corrected chi connectivity index (χ4v) is 2.57. The highest BCUT2D eigenvalue weighted by Gasteiger charge is 2.29. The molecule has 0 radical (unpaired) electrons. The Morgan fingerprint density at radius 1 is 1.44 bits per heavy atom. The van der Waals surface area contributed by atoms with Crippen molar-refractivity contribution in [1.29, 1.82) is 0 Å². The van der Waals surface area contributed by atoms with Gasteiger partial charge in [-0.25, -0.2) is 0 Å². The van der Waals surface area contributed by atoms with E-state index < -0.39 is 0 Å². The van der Waals surface area contributed by atoms with Crippen LogP contribution in [0.2, 0.25) is 0 Å². The van der Waals surface area contributed by atoms with Gasteiger partial charge in [-0.2, -0.15) is 0 Å². The van der Waals surface area contributed by atoms with Crippen LogP contribution in [0.5, 0.6) is 0 Å². The Balaban J connectivity index is 1.88. The summed E-state index contributed by atoms with van der Waals surface area (Å²) in [6, 6.07) is -0.343. The second kappa shape index (κ2) is 6.18. The summed E-state index contributed by atoms with van der Waals surface area (Å²) >= 11 is 0. The van der Waals surface area contributed by atoms with Gasteiger partial charge >= 0.3 is 0 Å². The van der Waals surface area contributed by atoms with E-state index in [0.29, 0.717) is 32.0 Å². The fourth-order valence-electron chi connectivity index (χ4n) is 2.57. The largest absolute Gasteiger partial charge is 0.378 e. The van der Waals surface area contributed by atoms with Crippen molar-refractivity contribution < 1.29 is 14.3 Å². The third-order valence-electron chi connectivity index (χ3n) is 3.71. The molecule has 2 aliphatic rings. The van der Waals surface area contributed by atoms with Gasteiger partial charge in [-0.1, -0.05) is 6.92 Å². The van der Waals surface area contributed by atoms with Crippen molar-refractivity contribution in [1.82, 2.24) is 10.2 Å². The third kappa shape index (κ3) is 3.22. The minimum atomic E-state index is -0.343. The fraction of sp³-hybridized carbons (Fsp3) is 0.846. The first-order valence-corrected chi connectivity index (χ1v) is 6.90. The van der Waals surface area contributed by atoms with Crippen LogP contribution in [0.4, 0.5) is 0 Å². The standard InChI is InChI=1S/C13H22N2O3/c1-2-11-13(17)15(8-6-12(16)14-11)7-5-10-4-3-9-18-10/h10-11H,2-9H2,1H3,(H,14,16). The van der Waals surface area contributed by atoms with Crippen LogP contribution >= 0.6 is 0 Å². The van der Waals surface area contributed by atoms with Gasteiger partial charge in [0, 0.05) is 26.1 Å². The molecule has 5 nitrogen and oxygen atoms in total. The molecular weight excluding hydrogens is 232 g/mol. The molecule has 0 aromatic heterocycles. The summed E-state index contributed by atoms with van der Waals surface area (Å²) in [6.07, 6.45) is 4.46. The highest BCUT2D eigenvalue weighted by Crippen LogP contribution is 2.16. The van der Waals surface area contributed by atoms with E-state index in [2.05, 4.69) is 5.32 Å². The lowest BCUT2D eigenvalue weighted by atomic mass is 10.1. The van der Waals surface area contributed by atoms with Gasteiger partial charge in [0.2, 0.25) is 11.8 Å². The molecule has 0 saturated carbocycles. The Hall–Kier alpha value is -1.10. The second-order valence-electron chi connectivity index (χ2n) is 5.03. The maximum absolute atomic E-state index is 12.2. The van der Waals surface area contributed by atoms with Crippen molar-refractivity contribution in [3.8, 4) is 0 Å². The van der Waals surface area contributed by atoms with E-state index >= 15 is 0 Å². The SMILES string of the molecule is CCC1NC(=O)CCN(CCC2CCCO2)C1=O. The minimum absolute atomic E-state index is 0.0187. The number of hydrogen-bond acceptors (Lipinski definition) is 3. The average Bonchev–Trinajstić information content (AvgIpc) is 2.83. The molecule has 2 amide bonds. The van der Waals surface area contributed by atoms with E-state index in [-0.39, 0.29) is 17.9 Å². The minimum Gasteiger partial charge on any atom is -0.378 e.